The minimum Gasteiger partial charge on any atom is -0.479 e. The summed E-state index contributed by atoms with van der Waals surface area (Å²) in [5.41, 5.74) is 0. The number of allylic oxidation sites excluding steroid dienone is 4. The van der Waals surface area contributed by atoms with Crippen LogP contribution in [-0.2, 0) is 42.9 Å². The first-order chi connectivity index (χ1) is 33.6. The number of carboxylic acid groups (broad SMARTS) is 1. The third-order valence-electron chi connectivity index (χ3n) is 13.0. The first-order valence-electron chi connectivity index (χ1n) is 28.3. The summed E-state index contributed by atoms with van der Waals surface area (Å²) in [6.07, 6.45) is 38.8. The fourth-order valence-corrected chi connectivity index (χ4v) is 8.57. The van der Waals surface area contributed by atoms with Crippen molar-refractivity contribution < 1.29 is 58.2 Å². The van der Waals surface area contributed by atoms with E-state index in [0.717, 1.165) is 96.3 Å². The highest BCUT2D eigenvalue weighted by molar-refractivity contribution is 5.74. The van der Waals surface area contributed by atoms with Gasteiger partial charge in [-0.15, -0.1) is 0 Å². The molecule has 1 fully saturated rings. The van der Waals surface area contributed by atoms with E-state index in [9.17, 15) is 34.5 Å². The van der Waals surface area contributed by atoms with Crippen molar-refractivity contribution in [2.75, 3.05) is 13.2 Å². The van der Waals surface area contributed by atoms with Crippen molar-refractivity contribution in [1.82, 2.24) is 0 Å². The molecule has 12 heteroatoms. The first kappa shape index (κ1) is 64.2. The summed E-state index contributed by atoms with van der Waals surface area (Å²) in [7, 11) is 0. The van der Waals surface area contributed by atoms with E-state index in [2.05, 4.69) is 45.1 Å². The van der Waals surface area contributed by atoms with Gasteiger partial charge >= 0.3 is 23.9 Å². The minimum atomic E-state index is -1.90. The Balaban J connectivity index is 2.67. The van der Waals surface area contributed by atoms with Gasteiger partial charge in [-0.1, -0.05) is 212 Å². The molecule has 0 spiro atoms. The van der Waals surface area contributed by atoms with E-state index >= 15 is 0 Å². The van der Waals surface area contributed by atoms with Gasteiger partial charge in [0.15, 0.2) is 24.6 Å². The molecule has 1 rings (SSSR count). The fourth-order valence-electron chi connectivity index (χ4n) is 8.57. The Hall–Kier alpha value is -2.80. The van der Waals surface area contributed by atoms with Crippen molar-refractivity contribution in [2.45, 2.75) is 302 Å². The highest BCUT2D eigenvalue weighted by Crippen LogP contribution is 2.26. The topological polar surface area (TPSA) is 175 Å². The van der Waals surface area contributed by atoms with Gasteiger partial charge in [0.05, 0.1) is 6.61 Å². The predicted molar refractivity (Wildman–Crippen MR) is 276 cm³/mol. The number of esters is 3. The standard InChI is InChI=1S/C57H102O12/c1-4-7-10-13-16-19-22-23-24-25-26-27-30-31-34-37-40-43-49(58)65-46-48(67-50(59)44-41-38-35-32-28-20-17-14-11-8-5-2)47-66-57-55(53(62)52(61)54(69-57)56(63)64)68-51(60)45-42-39-36-33-29-21-18-15-12-9-6-3/h14-15,17-18,48,52-55,57,61-62H,4-13,16,19-47H2,1-3H3,(H,63,64)/b17-14-,18-15-. The molecular formula is C57H102O12. The molecule has 0 aromatic carbocycles. The van der Waals surface area contributed by atoms with Crippen LogP contribution in [0.1, 0.15) is 265 Å². The number of carboxylic acids is 1. The van der Waals surface area contributed by atoms with Crippen LogP contribution in [0.2, 0.25) is 0 Å². The van der Waals surface area contributed by atoms with Gasteiger partial charge in [-0.2, -0.15) is 0 Å². The zero-order chi connectivity index (χ0) is 50.4. The molecule has 0 aromatic rings. The lowest BCUT2D eigenvalue weighted by Crippen LogP contribution is -2.61. The van der Waals surface area contributed by atoms with Crippen LogP contribution in [0, 0.1) is 0 Å². The van der Waals surface area contributed by atoms with Gasteiger partial charge in [0.25, 0.3) is 0 Å². The molecule has 1 saturated heterocycles. The highest BCUT2D eigenvalue weighted by atomic mass is 16.7. The number of aliphatic hydroxyl groups is 2. The molecule has 0 aromatic heterocycles. The van der Waals surface area contributed by atoms with Crippen LogP contribution in [0.4, 0.5) is 0 Å². The summed E-state index contributed by atoms with van der Waals surface area (Å²) in [4.78, 5) is 50.9. The number of unbranched alkanes of at least 4 members (excludes halogenated alkanes) is 30. The number of ether oxygens (including phenoxy) is 5. The molecule has 6 unspecified atom stereocenters. The minimum absolute atomic E-state index is 0.0526. The zero-order valence-electron chi connectivity index (χ0n) is 44.1. The van der Waals surface area contributed by atoms with Gasteiger partial charge < -0.3 is 39.0 Å². The summed E-state index contributed by atoms with van der Waals surface area (Å²) in [6, 6.07) is 0. The third-order valence-corrected chi connectivity index (χ3v) is 13.0. The molecule has 3 N–H and O–H groups in total. The average Bonchev–Trinajstić information content (AvgIpc) is 3.33. The van der Waals surface area contributed by atoms with Gasteiger partial charge in [-0.3, -0.25) is 14.4 Å². The maximum atomic E-state index is 13.1. The van der Waals surface area contributed by atoms with Gasteiger partial charge in [0.2, 0.25) is 0 Å². The molecule has 12 nitrogen and oxygen atoms in total. The largest absolute Gasteiger partial charge is 0.479 e. The smallest absolute Gasteiger partial charge is 0.335 e. The fraction of sp³-hybridized carbons (Fsp3) is 0.860. The monoisotopic (exact) mass is 979 g/mol. The lowest BCUT2D eigenvalue weighted by Gasteiger charge is -2.40. The van der Waals surface area contributed by atoms with E-state index in [1.807, 2.05) is 0 Å². The Bertz CT molecular complexity index is 1300. The van der Waals surface area contributed by atoms with Crippen molar-refractivity contribution in [3.63, 3.8) is 0 Å². The van der Waals surface area contributed by atoms with Crippen LogP contribution in [-0.4, -0.2) is 89.2 Å². The molecule has 402 valence electrons. The van der Waals surface area contributed by atoms with Gasteiger partial charge in [0.1, 0.15) is 18.8 Å². The van der Waals surface area contributed by atoms with Gasteiger partial charge in [0, 0.05) is 19.3 Å². The molecule has 0 bridgehead atoms. The number of carbonyl (C=O) groups excluding carboxylic acids is 3. The Morgan fingerprint density at radius 2 is 0.841 bits per heavy atom. The molecule has 6 atom stereocenters. The Morgan fingerprint density at radius 1 is 0.464 bits per heavy atom. The molecule has 0 aliphatic carbocycles. The molecule has 1 heterocycles. The van der Waals surface area contributed by atoms with Crippen LogP contribution < -0.4 is 0 Å². The number of carbonyl (C=O) groups is 4. The lowest BCUT2D eigenvalue weighted by molar-refractivity contribution is -0.301. The van der Waals surface area contributed by atoms with Crippen molar-refractivity contribution in [1.29, 1.82) is 0 Å². The maximum absolute atomic E-state index is 13.1. The number of hydrogen-bond donors (Lipinski definition) is 3. The second-order valence-electron chi connectivity index (χ2n) is 19.6. The maximum Gasteiger partial charge on any atom is 0.335 e. The second-order valence-corrected chi connectivity index (χ2v) is 19.6. The lowest BCUT2D eigenvalue weighted by atomic mass is 9.98. The summed E-state index contributed by atoms with van der Waals surface area (Å²) in [5, 5.41) is 31.3. The number of rotatable bonds is 48. The molecule has 1 aliphatic rings. The highest BCUT2D eigenvalue weighted by Gasteiger charge is 2.50. The van der Waals surface area contributed by atoms with Crippen LogP contribution in [0.3, 0.4) is 0 Å². The molecular weight excluding hydrogens is 877 g/mol. The number of aliphatic hydroxyl groups excluding tert-OH is 2. The van der Waals surface area contributed by atoms with E-state index < -0.39 is 67.3 Å². The number of aliphatic carboxylic acids is 1. The van der Waals surface area contributed by atoms with Crippen LogP contribution >= 0.6 is 0 Å². The average molecular weight is 979 g/mol. The van der Waals surface area contributed by atoms with Crippen LogP contribution in [0.15, 0.2) is 24.3 Å². The van der Waals surface area contributed by atoms with Crippen LogP contribution in [0.25, 0.3) is 0 Å². The normalized spacial score (nSPS) is 18.8. The SMILES string of the molecule is CCCC/C=C\CCCCCCCC(=O)OC(COC(=O)CCCCCCCCCCCCCCCCCCC)COC1OC(C(=O)O)C(O)C(O)C1OC(=O)CCCCCCC/C=C\CCCC. The molecule has 0 saturated carbocycles. The van der Waals surface area contributed by atoms with Crippen molar-refractivity contribution >= 4 is 23.9 Å². The summed E-state index contributed by atoms with van der Waals surface area (Å²) in [5.74, 6) is -3.12. The Morgan fingerprint density at radius 3 is 1.28 bits per heavy atom. The Labute approximate surface area is 419 Å². The Kier molecular flexibility index (Phi) is 43.1. The predicted octanol–water partition coefficient (Wildman–Crippen LogP) is 13.9. The zero-order valence-corrected chi connectivity index (χ0v) is 44.1. The second kappa shape index (κ2) is 46.3. The first-order valence-corrected chi connectivity index (χ1v) is 28.3. The van der Waals surface area contributed by atoms with E-state index in [0.29, 0.717) is 19.3 Å². The van der Waals surface area contributed by atoms with Gasteiger partial charge in [-0.25, -0.2) is 4.79 Å². The van der Waals surface area contributed by atoms with E-state index in [1.165, 1.54) is 109 Å². The molecule has 1 aliphatic heterocycles. The van der Waals surface area contributed by atoms with E-state index in [4.69, 9.17) is 23.7 Å². The summed E-state index contributed by atoms with van der Waals surface area (Å²) < 4.78 is 28.3. The van der Waals surface area contributed by atoms with Crippen molar-refractivity contribution in [2.24, 2.45) is 0 Å². The van der Waals surface area contributed by atoms with E-state index in [-0.39, 0.29) is 25.9 Å². The third kappa shape index (κ3) is 36.7. The van der Waals surface area contributed by atoms with Crippen molar-refractivity contribution in [3.05, 3.63) is 24.3 Å². The quantitative estimate of drug-likeness (QED) is 0.0228. The van der Waals surface area contributed by atoms with Crippen molar-refractivity contribution in [3.8, 4) is 0 Å². The van der Waals surface area contributed by atoms with Crippen LogP contribution in [0.5, 0.6) is 0 Å². The summed E-state index contributed by atoms with van der Waals surface area (Å²) in [6.45, 7) is 5.91. The van der Waals surface area contributed by atoms with E-state index in [1.54, 1.807) is 0 Å². The molecule has 69 heavy (non-hydrogen) atoms. The molecule has 0 amide bonds. The van der Waals surface area contributed by atoms with Gasteiger partial charge in [-0.05, 0) is 57.8 Å². The summed E-state index contributed by atoms with van der Waals surface area (Å²) >= 11 is 0. The number of hydrogen-bond acceptors (Lipinski definition) is 11. The molecule has 0 radical (unpaired) electrons.